The van der Waals surface area contributed by atoms with Gasteiger partial charge in [0, 0.05) is 12.1 Å². The van der Waals surface area contributed by atoms with Crippen LogP contribution in [-0.4, -0.2) is 22.9 Å². The van der Waals surface area contributed by atoms with E-state index in [9.17, 15) is 9.18 Å². The second-order valence-electron chi connectivity index (χ2n) is 6.29. The zero-order valence-corrected chi connectivity index (χ0v) is 13.1. The van der Waals surface area contributed by atoms with E-state index in [0.29, 0.717) is 18.0 Å². The zero-order valence-electron chi connectivity index (χ0n) is 12.2. The molecule has 4 rings (SSSR count). The molecule has 1 aromatic carbocycles. The third-order valence-corrected chi connectivity index (χ3v) is 5.90. The van der Waals surface area contributed by atoms with Crippen molar-refractivity contribution in [3.05, 3.63) is 58.0 Å². The minimum Gasteiger partial charge on any atom is -0.332 e. The molecular weight excluding hydrogens is 297 g/mol. The van der Waals surface area contributed by atoms with Crippen LogP contribution in [0.1, 0.15) is 46.8 Å². The van der Waals surface area contributed by atoms with Gasteiger partial charge in [0.1, 0.15) is 5.82 Å². The highest BCUT2D eigenvalue weighted by atomic mass is 32.1. The maximum atomic E-state index is 13.1. The van der Waals surface area contributed by atoms with Crippen LogP contribution in [0.3, 0.4) is 0 Å². The molecule has 2 fully saturated rings. The van der Waals surface area contributed by atoms with E-state index in [4.69, 9.17) is 0 Å². The third kappa shape index (κ3) is 2.35. The molecule has 114 valence electrons. The predicted octanol–water partition coefficient (Wildman–Crippen LogP) is 4.44. The fourth-order valence-electron chi connectivity index (χ4n) is 4.04. The molecule has 2 aliphatic rings. The number of benzene rings is 1. The monoisotopic (exact) mass is 315 g/mol. The van der Waals surface area contributed by atoms with Gasteiger partial charge in [-0.3, -0.25) is 4.79 Å². The van der Waals surface area contributed by atoms with Crippen molar-refractivity contribution in [2.24, 2.45) is 0 Å². The summed E-state index contributed by atoms with van der Waals surface area (Å²) >= 11 is 1.52. The molecule has 3 heterocycles. The Morgan fingerprint density at radius 2 is 1.77 bits per heavy atom. The fourth-order valence-corrected chi connectivity index (χ4v) is 4.71. The second kappa shape index (κ2) is 5.51. The van der Waals surface area contributed by atoms with E-state index in [0.717, 1.165) is 30.6 Å². The first-order valence-electron chi connectivity index (χ1n) is 7.84. The molecule has 0 radical (unpaired) electrons. The first-order valence-corrected chi connectivity index (χ1v) is 8.72. The van der Waals surface area contributed by atoms with E-state index in [1.165, 1.54) is 16.9 Å². The standard InChI is InChI=1S/C18H18FNOS/c19-14-5-3-12(4-6-14)13-10-15-7-8-16(11-13)20(15)18(21)17-2-1-9-22-17/h1-6,9,13,15-16H,7-8,10-11H2/t15-,16-/m0/s1. The van der Waals surface area contributed by atoms with Gasteiger partial charge in [0.25, 0.3) is 5.91 Å². The van der Waals surface area contributed by atoms with E-state index in [2.05, 4.69) is 4.90 Å². The summed E-state index contributed by atoms with van der Waals surface area (Å²) in [6.07, 6.45) is 4.19. The predicted molar refractivity (Wildman–Crippen MR) is 85.7 cm³/mol. The maximum absolute atomic E-state index is 13.1. The Kier molecular flexibility index (Phi) is 3.49. The molecule has 0 unspecified atom stereocenters. The number of halogens is 1. The van der Waals surface area contributed by atoms with E-state index in [-0.39, 0.29) is 11.7 Å². The summed E-state index contributed by atoms with van der Waals surface area (Å²) in [5.74, 6) is 0.461. The summed E-state index contributed by atoms with van der Waals surface area (Å²) in [6.45, 7) is 0. The van der Waals surface area contributed by atoms with Crippen molar-refractivity contribution >= 4 is 17.2 Å². The van der Waals surface area contributed by atoms with Crippen LogP contribution >= 0.6 is 11.3 Å². The molecule has 2 aromatic rings. The Balaban J connectivity index is 1.54. The van der Waals surface area contributed by atoms with Crippen LogP contribution in [0, 0.1) is 5.82 Å². The molecule has 2 bridgehead atoms. The second-order valence-corrected chi connectivity index (χ2v) is 7.24. The molecule has 0 aliphatic carbocycles. The van der Waals surface area contributed by atoms with Gasteiger partial charge in [-0.15, -0.1) is 11.3 Å². The summed E-state index contributed by atoms with van der Waals surface area (Å²) in [6, 6.07) is 11.4. The average Bonchev–Trinajstić information content (AvgIpc) is 3.14. The van der Waals surface area contributed by atoms with Crippen molar-refractivity contribution in [3.63, 3.8) is 0 Å². The molecular formula is C18H18FNOS. The number of piperidine rings is 1. The molecule has 2 saturated heterocycles. The lowest BCUT2D eigenvalue weighted by atomic mass is 9.85. The molecule has 2 nitrogen and oxygen atoms in total. The van der Waals surface area contributed by atoms with Gasteiger partial charge in [0.2, 0.25) is 0 Å². The highest BCUT2D eigenvalue weighted by Gasteiger charge is 2.43. The van der Waals surface area contributed by atoms with Crippen molar-refractivity contribution in [1.82, 2.24) is 4.90 Å². The molecule has 0 spiro atoms. The Bertz CT molecular complexity index is 653. The van der Waals surface area contributed by atoms with E-state index in [1.54, 1.807) is 12.1 Å². The molecule has 4 heteroatoms. The number of carbonyl (C=O) groups excluding carboxylic acids is 1. The van der Waals surface area contributed by atoms with E-state index in [1.807, 2.05) is 29.6 Å². The van der Waals surface area contributed by atoms with Gasteiger partial charge >= 0.3 is 0 Å². The lowest BCUT2D eigenvalue weighted by molar-refractivity contribution is 0.0576. The Morgan fingerprint density at radius 3 is 2.36 bits per heavy atom. The Labute approximate surface area is 133 Å². The van der Waals surface area contributed by atoms with Crippen molar-refractivity contribution in [3.8, 4) is 0 Å². The van der Waals surface area contributed by atoms with Gasteiger partial charge in [-0.2, -0.15) is 0 Å². The number of fused-ring (bicyclic) bond motifs is 2. The quantitative estimate of drug-likeness (QED) is 0.802. The summed E-state index contributed by atoms with van der Waals surface area (Å²) < 4.78 is 13.1. The lowest BCUT2D eigenvalue weighted by Crippen LogP contribution is -2.45. The molecule has 0 N–H and O–H groups in total. The van der Waals surface area contributed by atoms with Crippen molar-refractivity contribution in [2.45, 2.75) is 43.7 Å². The van der Waals surface area contributed by atoms with Gasteiger partial charge in [0.05, 0.1) is 4.88 Å². The van der Waals surface area contributed by atoms with Gasteiger partial charge < -0.3 is 4.90 Å². The smallest absolute Gasteiger partial charge is 0.264 e. The van der Waals surface area contributed by atoms with Gasteiger partial charge in [-0.1, -0.05) is 18.2 Å². The minimum absolute atomic E-state index is 0.183. The first kappa shape index (κ1) is 13.9. The molecule has 2 aliphatic heterocycles. The number of rotatable bonds is 2. The van der Waals surface area contributed by atoms with Gasteiger partial charge in [0.15, 0.2) is 0 Å². The van der Waals surface area contributed by atoms with E-state index >= 15 is 0 Å². The number of amides is 1. The van der Waals surface area contributed by atoms with Crippen LogP contribution in [0.2, 0.25) is 0 Å². The van der Waals surface area contributed by atoms with Crippen molar-refractivity contribution < 1.29 is 9.18 Å². The molecule has 1 amide bonds. The highest BCUT2D eigenvalue weighted by molar-refractivity contribution is 7.12. The maximum Gasteiger partial charge on any atom is 0.264 e. The topological polar surface area (TPSA) is 20.3 Å². The number of hydrogen-bond donors (Lipinski definition) is 0. The normalized spacial score (nSPS) is 27.1. The van der Waals surface area contributed by atoms with Crippen LogP contribution in [-0.2, 0) is 0 Å². The number of nitrogens with zero attached hydrogens (tertiary/aromatic N) is 1. The lowest BCUT2D eigenvalue weighted by Gasteiger charge is -2.39. The number of carbonyl (C=O) groups is 1. The molecule has 2 atom stereocenters. The summed E-state index contributed by atoms with van der Waals surface area (Å²) in [7, 11) is 0. The van der Waals surface area contributed by atoms with Gasteiger partial charge in [-0.25, -0.2) is 4.39 Å². The largest absolute Gasteiger partial charge is 0.332 e. The van der Waals surface area contributed by atoms with Crippen LogP contribution in [0.4, 0.5) is 4.39 Å². The average molecular weight is 315 g/mol. The van der Waals surface area contributed by atoms with Gasteiger partial charge in [-0.05, 0) is 60.7 Å². The SMILES string of the molecule is O=C(c1cccs1)N1[C@H]2CC[C@H]1CC(c1ccc(F)cc1)C2. The first-order chi connectivity index (χ1) is 10.7. The number of hydrogen-bond acceptors (Lipinski definition) is 2. The zero-order chi connectivity index (χ0) is 15.1. The molecule has 0 saturated carbocycles. The van der Waals surface area contributed by atoms with Crippen molar-refractivity contribution in [2.75, 3.05) is 0 Å². The van der Waals surface area contributed by atoms with Crippen LogP contribution < -0.4 is 0 Å². The Morgan fingerprint density at radius 1 is 1.09 bits per heavy atom. The van der Waals surface area contributed by atoms with Crippen LogP contribution in [0.5, 0.6) is 0 Å². The van der Waals surface area contributed by atoms with E-state index < -0.39 is 0 Å². The fraction of sp³-hybridized carbons (Fsp3) is 0.389. The minimum atomic E-state index is -0.183. The highest BCUT2D eigenvalue weighted by Crippen LogP contribution is 2.43. The molecule has 1 aromatic heterocycles. The van der Waals surface area contributed by atoms with Crippen LogP contribution in [0.15, 0.2) is 41.8 Å². The summed E-state index contributed by atoms with van der Waals surface area (Å²) in [5, 5.41) is 1.96. The number of thiophene rings is 1. The summed E-state index contributed by atoms with van der Waals surface area (Å²) in [5.41, 5.74) is 1.21. The Hall–Kier alpha value is -1.68. The third-order valence-electron chi connectivity index (χ3n) is 5.04. The summed E-state index contributed by atoms with van der Waals surface area (Å²) in [4.78, 5) is 15.7. The molecule has 22 heavy (non-hydrogen) atoms. The van der Waals surface area contributed by atoms with Crippen molar-refractivity contribution in [1.29, 1.82) is 0 Å². The van der Waals surface area contributed by atoms with Crippen LogP contribution in [0.25, 0.3) is 0 Å².